The number of hydrazine groups is 1. The highest BCUT2D eigenvalue weighted by molar-refractivity contribution is 5.01. The molecule has 3 heteroatoms. The van der Waals surface area contributed by atoms with Gasteiger partial charge in [-0.05, 0) is 33.1 Å². The Balaban J connectivity index is 2.34. The van der Waals surface area contributed by atoms with E-state index in [2.05, 4.69) is 25.3 Å². The van der Waals surface area contributed by atoms with Crippen LogP contribution >= 0.6 is 0 Å². The zero-order valence-electron chi connectivity index (χ0n) is 8.55. The van der Waals surface area contributed by atoms with Gasteiger partial charge >= 0.3 is 0 Å². The van der Waals surface area contributed by atoms with Gasteiger partial charge in [-0.2, -0.15) is 0 Å². The van der Waals surface area contributed by atoms with Crippen LogP contribution in [0.4, 0.5) is 0 Å². The van der Waals surface area contributed by atoms with Gasteiger partial charge in [-0.25, -0.2) is 0 Å². The summed E-state index contributed by atoms with van der Waals surface area (Å²) in [5.41, 5.74) is 4.10. The summed E-state index contributed by atoms with van der Waals surface area (Å²) in [5.74, 6) is 5.45. The highest BCUT2D eigenvalue weighted by atomic mass is 16.5. The SMILES string of the molecule is CC(C)=CC(CC1CCCO1)NN. The van der Waals surface area contributed by atoms with Crippen molar-refractivity contribution in [3.63, 3.8) is 0 Å². The normalized spacial score (nSPS) is 24.4. The first kappa shape index (κ1) is 10.7. The third kappa shape index (κ3) is 3.89. The molecule has 13 heavy (non-hydrogen) atoms. The molecule has 0 aromatic heterocycles. The predicted molar refractivity (Wildman–Crippen MR) is 54.1 cm³/mol. The first-order valence-electron chi connectivity index (χ1n) is 4.95. The largest absolute Gasteiger partial charge is 0.378 e. The minimum atomic E-state index is 0.257. The molecule has 1 saturated heterocycles. The van der Waals surface area contributed by atoms with Crippen molar-refractivity contribution in [3.8, 4) is 0 Å². The van der Waals surface area contributed by atoms with Gasteiger partial charge in [0.1, 0.15) is 0 Å². The standard InChI is InChI=1S/C10H20N2O/c1-8(2)6-9(12-11)7-10-4-3-5-13-10/h6,9-10,12H,3-5,7,11H2,1-2H3. The molecule has 1 aliphatic heterocycles. The summed E-state index contributed by atoms with van der Waals surface area (Å²) in [5, 5.41) is 0. The number of nitrogens with two attached hydrogens (primary N) is 1. The van der Waals surface area contributed by atoms with Gasteiger partial charge in [0.15, 0.2) is 0 Å². The van der Waals surface area contributed by atoms with Crippen LogP contribution in [0.1, 0.15) is 33.1 Å². The Morgan fingerprint density at radius 1 is 1.69 bits per heavy atom. The average Bonchev–Trinajstić information content (AvgIpc) is 2.55. The average molecular weight is 184 g/mol. The number of ether oxygens (including phenoxy) is 1. The van der Waals surface area contributed by atoms with Gasteiger partial charge in [-0.1, -0.05) is 11.6 Å². The van der Waals surface area contributed by atoms with Crippen LogP contribution in [0.3, 0.4) is 0 Å². The van der Waals surface area contributed by atoms with Crippen molar-refractivity contribution >= 4 is 0 Å². The van der Waals surface area contributed by atoms with Crippen molar-refractivity contribution in [2.45, 2.75) is 45.3 Å². The predicted octanol–water partition coefficient (Wildman–Crippen LogP) is 1.35. The van der Waals surface area contributed by atoms with Gasteiger partial charge in [0.25, 0.3) is 0 Å². The van der Waals surface area contributed by atoms with Gasteiger partial charge in [0.05, 0.1) is 6.10 Å². The van der Waals surface area contributed by atoms with Crippen molar-refractivity contribution < 1.29 is 4.74 Å². The molecule has 1 fully saturated rings. The molecule has 0 radical (unpaired) electrons. The van der Waals surface area contributed by atoms with Gasteiger partial charge in [0, 0.05) is 12.6 Å². The van der Waals surface area contributed by atoms with Gasteiger partial charge < -0.3 is 4.74 Å². The summed E-state index contributed by atoms with van der Waals surface area (Å²) < 4.78 is 5.54. The fourth-order valence-corrected chi connectivity index (χ4v) is 1.70. The molecule has 1 heterocycles. The summed E-state index contributed by atoms with van der Waals surface area (Å²) in [4.78, 5) is 0. The summed E-state index contributed by atoms with van der Waals surface area (Å²) >= 11 is 0. The lowest BCUT2D eigenvalue weighted by Crippen LogP contribution is -2.36. The first-order chi connectivity index (χ1) is 6.22. The van der Waals surface area contributed by atoms with Crippen molar-refractivity contribution in [1.82, 2.24) is 5.43 Å². The fourth-order valence-electron chi connectivity index (χ4n) is 1.70. The highest BCUT2D eigenvalue weighted by Gasteiger charge is 2.18. The van der Waals surface area contributed by atoms with E-state index in [0.29, 0.717) is 6.10 Å². The molecule has 0 bridgehead atoms. The maximum Gasteiger partial charge on any atom is 0.0594 e. The Labute approximate surface area is 80.3 Å². The number of allylic oxidation sites excluding steroid dienone is 1. The molecule has 3 nitrogen and oxygen atoms in total. The lowest BCUT2D eigenvalue weighted by atomic mass is 10.1. The maximum absolute atomic E-state index is 5.54. The summed E-state index contributed by atoms with van der Waals surface area (Å²) in [6.07, 6.45) is 5.91. The lowest BCUT2D eigenvalue weighted by Gasteiger charge is -2.16. The first-order valence-corrected chi connectivity index (χ1v) is 4.95. The van der Waals surface area contributed by atoms with E-state index in [1.165, 1.54) is 18.4 Å². The van der Waals surface area contributed by atoms with E-state index in [1.54, 1.807) is 0 Å². The molecular weight excluding hydrogens is 164 g/mol. The van der Waals surface area contributed by atoms with E-state index in [1.807, 2.05) is 0 Å². The minimum Gasteiger partial charge on any atom is -0.378 e. The van der Waals surface area contributed by atoms with E-state index in [0.717, 1.165) is 13.0 Å². The lowest BCUT2D eigenvalue weighted by molar-refractivity contribution is 0.0987. The van der Waals surface area contributed by atoms with Gasteiger partial charge in [-0.3, -0.25) is 11.3 Å². The van der Waals surface area contributed by atoms with E-state index >= 15 is 0 Å². The Bertz CT molecular complexity index is 170. The molecule has 1 rings (SSSR count). The van der Waals surface area contributed by atoms with Crippen molar-refractivity contribution in [1.29, 1.82) is 0 Å². The van der Waals surface area contributed by atoms with Crippen molar-refractivity contribution in [2.75, 3.05) is 6.61 Å². The van der Waals surface area contributed by atoms with Crippen LogP contribution in [0.25, 0.3) is 0 Å². The molecule has 0 saturated carbocycles. The van der Waals surface area contributed by atoms with Crippen LogP contribution in [-0.2, 0) is 4.74 Å². The van der Waals surface area contributed by atoms with Gasteiger partial charge in [-0.15, -0.1) is 0 Å². The van der Waals surface area contributed by atoms with Crippen LogP contribution in [0.15, 0.2) is 11.6 Å². The Hall–Kier alpha value is -0.380. The second kappa shape index (κ2) is 5.37. The van der Waals surface area contributed by atoms with Gasteiger partial charge in [0.2, 0.25) is 0 Å². The zero-order valence-corrected chi connectivity index (χ0v) is 8.55. The van der Waals surface area contributed by atoms with Crippen LogP contribution in [-0.4, -0.2) is 18.8 Å². The highest BCUT2D eigenvalue weighted by Crippen LogP contribution is 2.17. The van der Waals surface area contributed by atoms with Crippen LogP contribution < -0.4 is 11.3 Å². The van der Waals surface area contributed by atoms with Crippen molar-refractivity contribution in [3.05, 3.63) is 11.6 Å². The van der Waals surface area contributed by atoms with E-state index in [-0.39, 0.29) is 6.04 Å². The second-order valence-corrected chi connectivity index (χ2v) is 3.89. The third-order valence-corrected chi connectivity index (χ3v) is 2.29. The topological polar surface area (TPSA) is 47.3 Å². The molecule has 0 amide bonds. The number of hydrogen-bond acceptors (Lipinski definition) is 3. The molecule has 0 aromatic rings. The zero-order chi connectivity index (χ0) is 9.68. The van der Waals surface area contributed by atoms with Crippen LogP contribution in [0.5, 0.6) is 0 Å². The monoisotopic (exact) mass is 184 g/mol. The number of hydrogen-bond donors (Lipinski definition) is 2. The fraction of sp³-hybridized carbons (Fsp3) is 0.800. The maximum atomic E-state index is 5.54. The third-order valence-electron chi connectivity index (χ3n) is 2.29. The molecule has 0 spiro atoms. The molecule has 2 unspecified atom stereocenters. The Kier molecular flexibility index (Phi) is 4.42. The Morgan fingerprint density at radius 3 is 2.92 bits per heavy atom. The summed E-state index contributed by atoms with van der Waals surface area (Å²) in [7, 11) is 0. The molecule has 0 aliphatic carbocycles. The molecular formula is C10H20N2O. The van der Waals surface area contributed by atoms with E-state index < -0.39 is 0 Å². The summed E-state index contributed by atoms with van der Waals surface area (Å²) in [6, 6.07) is 0.257. The smallest absolute Gasteiger partial charge is 0.0594 e. The number of nitrogens with one attached hydrogen (secondary N) is 1. The molecule has 1 aliphatic rings. The summed E-state index contributed by atoms with van der Waals surface area (Å²) in [6.45, 7) is 5.08. The molecule has 76 valence electrons. The molecule has 0 aromatic carbocycles. The minimum absolute atomic E-state index is 0.257. The van der Waals surface area contributed by atoms with E-state index in [9.17, 15) is 0 Å². The molecule has 3 N–H and O–H groups in total. The molecule has 2 atom stereocenters. The van der Waals surface area contributed by atoms with Crippen molar-refractivity contribution in [2.24, 2.45) is 5.84 Å². The second-order valence-electron chi connectivity index (χ2n) is 3.89. The Morgan fingerprint density at radius 2 is 2.46 bits per heavy atom. The van der Waals surface area contributed by atoms with E-state index in [4.69, 9.17) is 10.6 Å². The number of rotatable bonds is 4. The van der Waals surface area contributed by atoms with Crippen LogP contribution in [0.2, 0.25) is 0 Å². The quantitative estimate of drug-likeness (QED) is 0.394. The van der Waals surface area contributed by atoms with Crippen LogP contribution in [0, 0.1) is 0 Å².